The number of rotatable bonds is 5. The highest BCUT2D eigenvalue weighted by Crippen LogP contribution is 2.35. The standard InChI is InChI=1S/C16H14ClN5O2/c1-22(2)10-4-5-11(14(6-10)24-9-23-3)15-16(17)21-13(8-19)12(7-18)20-15/h4-6H,9H2,1-3H3. The molecule has 1 aromatic carbocycles. The maximum atomic E-state index is 9.13. The van der Waals surface area contributed by atoms with Crippen LogP contribution in [0.25, 0.3) is 11.3 Å². The first-order valence-electron chi connectivity index (χ1n) is 6.83. The molecule has 122 valence electrons. The number of methoxy groups -OCH3 is 1. The fourth-order valence-electron chi connectivity index (χ4n) is 1.97. The van der Waals surface area contributed by atoms with E-state index in [4.69, 9.17) is 31.6 Å². The van der Waals surface area contributed by atoms with Crippen LogP contribution in [0.4, 0.5) is 5.69 Å². The van der Waals surface area contributed by atoms with Gasteiger partial charge in [0.1, 0.15) is 23.6 Å². The van der Waals surface area contributed by atoms with E-state index in [1.165, 1.54) is 7.11 Å². The minimum Gasteiger partial charge on any atom is -0.467 e. The highest BCUT2D eigenvalue weighted by molar-refractivity contribution is 6.32. The molecule has 2 rings (SSSR count). The van der Waals surface area contributed by atoms with Crippen LogP contribution >= 0.6 is 11.6 Å². The lowest BCUT2D eigenvalue weighted by molar-refractivity contribution is 0.0515. The summed E-state index contributed by atoms with van der Waals surface area (Å²) < 4.78 is 10.5. The van der Waals surface area contributed by atoms with Gasteiger partial charge in [0.25, 0.3) is 0 Å². The van der Waals surface area contributed by atoms with Crippen LogP contribution in [0.5, 0.6) is 5.75 Å². The van der Waals surface area contributed by atoms with Crippen molar-refractivity contribution in [3.05, 3.63) is 34.7 Å². The molecule has 0 bridgehead atoms. The number of hydrogen-bond donors (Lipinski definition) is 0. The van der Waals surface area contributed by atoms with Gasteiger partial charge in [0.2, 0.25) is 0 Å². The Hall–Kier alpha value is -2.87. The van der Waals surface area contributed by atoms with Crippen LogP contribution in [0.15, 0.2) is 18.2 Å². The Morgan fingerprint density at radius 3 is 2.42 bits per heavy atom. The average Bonchev–Trinajstić information content (AvgIpc) is 2.59. The first-order chi connectivity index (χ1) is 11.5. The van der Waals surface area contributed by atoms with Gasteiger partial charge in [-0.3, -0.25) is 0 Å². The highest BCUT2D eigenvalue weighted by atomic mass is 35.5. The van der Waals surface area contributed by atoms with Crippen molar-refractivity contribution in [3.8, 4) is 29.1 Å². The Kier molecular flexibility index (Phi) is 5.54. The lowest BCUT2D eigenvalue weighted by Gasteiger charge is -2.17. The molecule has 0 saturated heterocycles. The van der Waals surface area contributed by atoms with Crippen molar-refractivity contribution < 1.29 is 9.47 Å². The van der Waals surface area contributed by atoms with E-state index in [1.807, 2.05) is 31.1 Å². The maximum Gasteiger partial charge on any atom is 0.188 e. The minimum atomic E-state index is -0.115. The number of nitrogens with zero attached hydrogens (tertiary/aromatic N) is 5. The molecule has 0 amide bonds. The van der Waals surface area contributed by atoms with Gasteiger partial charge in [-0.15, -0.1) is 0 Å². The van der Waals surface area contributed by atoms with Crippen LogP contribution in [0.2, 0.25) is 5.15 Å². The van der Waals surface area contributed by atoms with E-state index in [0.717, 1.165) is 5.69 Å². The van der Waals surface area contributed by atoms with E-state index < -0.39 is 0 Å². The van der Waals surface area contributed by atoms with Gasteiger partial charge in [0.05, 0.1) is 0 Å². The molecular formula is C16H14ClN5O2. The smallest absolute Gasteiger partial charge is 0.188 e. The molecule has 0 aliphatic rings. The molecule has 0 saturated carbocycles. The quantitative estimate of drug-likeness (QED) is 0.770. The first-order valence-corrected chi connectivity index (χ1v) is 7.20. The number of anilines is 1. The summed E-state index contributed by atoms with van der Waals surface area (Å²) in [4.78, 5) is 10.0. The van der Waals surface area contributed by atoms with E-state index >= 15 is 0 Å². The molecule has 0 atom stereocenters. The Morgan fingerprint density at radius 1 is 1.17 bits per heavy atom. The van der Waals surface area contributed by atoms with Crippen molar-refractivity contribution in [1.82, 2.24) is 9.97 Å². The van der Waals surface area contributed by atoms with Gasteiger partial charge in [0.15, 0.2) is 23.3 Å². The van der Waals surface area contributed by atoms with E-state index in [0.29, 0.717) is 11.3 Å². The molecule has 1 heterocycles. The summed E-state index contributed by atoms with van der Waals surface area (Å²) in [5.41, 5.74) is 1.52. The van der Waals surface area contributed by atoms with E-state index in [9.17, 15) is 0 Å². The average molecular weight is 344 g/mol. The third-order valence-electron chi connectivity index (χ3n) is 3.13. The van der Waals surface area contributed by atoms with Gasteiger partial charge in [-0.05, 0) is 12.1 Å². The van der Waals surface area contributed by atoms with Crippen LogP contribution in [0.3, 0.4) is 0 Å². The van der Waals surface area contributed by atoms with Gasteiger partial charge >= 0.3 is 0 Å². The summed E-state index contributed by atoms with van der Waals surface area (Å²) in [5.74, 6) is 0.479. The molecule has 24 heavy (non-hydrogen) atoms. The predicted octanol–water partition coefficient (Wildman–Crippen LogP) is 2.59. The van der Waals surface area contributed by atoms with E-state index in [1.54, 1.807) is 18.2 Å². The first kappa shape index (κ1) is 17.5. The van der Waals surface area contributed by atoms with Gasteiger partial charge in [-0.25, -0.2) is 9.97 Å². The zero-order valence-corrected chi connectivity index (χ0v) is 14.1. The monoisotopic (exact) mass is 343 g/mol. The Bertz CT molecular complexity index is 840. The lowest BCUT2D eigenvalue weighted by Crippen LogP contribution is -2.10. The Morgan fingerprint density at radius 2 is 1.83 bits per heavy atom. The SMILES string of the molecule is COCOc1cc(N(C)C)ccc1-c1nc(C#N)c(C#N)nc1Cl. The minimum absolute atomic E-state index is 0.0189. The summed E-state index contributed by atoms with van der Waals surface area (Å²) in [7, 11) is 5.31. The molecular weight excluding hydrogens is 330 g/mol. The summed E-state index contributed by atoms with van der Waals surface area (Å²) in [5, 5.41) is 18.1. The highest BCUT2D eigenvalue weighted by Gasteiger charge is 2.18. The number of benzene rings is 1. The summed E-state index contributed by atoms with van der Waals surface area (Å²) in [6.07, 6.45) is 0. The van der Waals surface area contributed by atoms with Crippen molar-refractivity contribution in [2.45, 2.75) is 0 Å². The largest absolute Gasteiger partial charge is 0.467 e. The number of aromatic nitrogens is 2. The maximum absolute atomic E-state index is 9.13. The fraction of sp³-hybridized carbons (Fsp3) is 0.250. The topological polar surface area (TPSA) is 95.1 Å². The second kappa shape index (κ2) is 7.60. The third-order valence-corrected chi connectivity index (χ3v) is 3.40. The molecule has 0 fully saturated rings. The number of halogens is 1. The van der Waals surface area contributed by atoms with Gasteiger partial charge in [0, 0.05) is 38.5 Å². The summed E-state index contributed by atoms with van der Waals surface area (Å²) in [6.45, 7) is 0.0380. The van der Waals surface area contributed by atoms with Gasteiger partial charge in [-0.2, -0.15) is 10.5 Å². The second-order valence-electron chi connectivity index (χ2n) is 4.91. The molecule has 8 heteroatoms. The zero-order valence-electron chi connectivity index (χ0n) is 13.4. The van der Waals surface area contributed by atoms with Crippen LogP contribution in [-0.2, 0) is 4.74 Å². The Labute approximate surface area is 144 Å². The normalized spacial score (nSPS) is 9.92. The molecule has 0 aliphatic heterocycles. The molecule has 0 N–H and O–H groups in total. The van der Waals surface area contributed by atoms with Crippen LogP contribution in [0.1, 0.15) is 11.4 Å². The number of hydrogen-bond acceptors (Lipinski definition) is 7. The third kappa shape index (κ3) is 3.54. The fourth-order valence-corrected chi connectivity index (χ4v) is 2.20. The molecule has 2 aromatic rings. The predicted molar refractivity (Wildman–Crippen MR) is 88.7 cm³/mol. The molecule has 1 aromatic heterocycles. The summed E-state index contributed by atoms with van der Waals surface area (Å²) >= 11 is 6.15. The van der Waals surface area contributed by atoms with Crippen molar-refractivity contribution in [1.29, 1.82) is 10.5 Å². The van der Waals surface area contributed by atoms with Crippen molar-refractivity contribution in [2.75, 3.05) is 32.9 Å². The van der Waals surface area contributed by atoms with Crippen LogP contribution < -0.4 is 9.64 Å². The van der Waals surface area contributed by atoms with E-state index in [2.05, 4.69) is 9.97 Å². The second-order valence-corrected chi connectivity index (χ2v) is 5.27. The van der Waals surface area contributed by atoms with Crippen molar-refractivity contribution in [3.63, 3.8) is 0 Å². The number of ether oxygens (including phenoxy) is 2. The molecule has 0 radical (unpaired) electrons. The van der Waals surface area contributed by atoms with Gasteiger partial charge < -0.3 is 14.4 Å². The van der Waals surface area contributed by atoms with E-state index in [-0.39, 0.29) is 29.0 Å². The van der Waals surface area contributed by atoms with Crippen molar-refractivity contribution >= 4 is 17.3 Å². The van der Waals surface area contributed by atoms with Crippen LogP contribution in [0, 0.1) is 22.7 Å². The summed E-state index contributed by atoms with van der Waals surface area (Å²) in [6, 6.07) is 9.08. The van der Waals surface area contributed by atoms with Crippen molar-refractivity contribution in [2.24, 2.45) is 0 Å². The Balaban J connectivity index is 2.63. The lowest BCUT2D eigenvalue weighted by atomic mass is 10.1. The molecule has 0 spiro atoms. The molecule has 0 unspecified atom stereocenters. The zero-order chi connectivity index (χ0) is 17.7. The number of nitriles is 2. The van der Waals surface area contributed by atoms with Gasteiger partial charge in [-0.1, -0.05) is 11.6 Å². The van der Waals surface area contributed by atoms with Crippen LogP contribution in [-0.4, -0.2) is 38.0 Å². The molecule has 7 nitrogen and oxygen atoms in total. The molecule has 0 aliphatic carbocycles.